The van der Waals surface area contributed by atoms with Crippen LogP contribution in [0.2, 0.25) is 0 Å². The second-order valence-corrected chi connectivity index (χ2v) is 17.4. The lowest BCUT2D eigenvalue weighted by molar-refractivity contribution is -0.131. The van der Waals surface area contributed by atoms with Crippen molar-refractivity contribution in [2.45, 2.75) is 101 Å². The molecule has 9 nitrogen and oxygen atoms in total. The van der Waals surface area contributed by atoms with Crippen molar-refractivity contribution in [2.75, 3.05) is 61.6 Å². The third kappa shape index (κ3) is 10.3. The van der Waals surface area contributed by atoms with E-state index >= 15 is 0 Å². The van der Waals surface area contributed by atoms with Gasteiger partial charge in [-0.15, -0.1) is 0 Å². The Hall–Kier alpha value is -4.18. The molecule has 0 aromatic heterocycles. The van der Waals surface area contributed by atoms with Crippen molar-refractivity contribution < 1.29 is 23.8 Å². The second-order valence-electron chi connectivity index (χ2n) is 17.4. The summed E-state index contributed by atoms with van der Waals surface area (Å²) in [5, 5.41) is 6.39. The van der Waals surface area contributed by atoms with E-state index in [2.05, 4.69) is 65.9 Å². The van der Waals surface area contributed by atoms with Crippen LogP contribution in [0.25, 0.3) is 0 Å². The van der Waals surface area contributed by atoms with Gasteiger partial charge in [-0.1, -0.05) is 24.3 Å². The van der Waals surface area contributed by atoms with Crippen LogP contribution in [-0.4, -0.2) is 89.6 Å². The number of rotatable bonds is 15. The fourth-order valence-corrected chi connectivity index (χ4v) is 9.50. The molecule has 2 unspecified atom stereocenters. The molecule has 0 radical (unpaired) electrons. The van der Waals surface area contributed by atoms with Gasteiger partial charge in [-0.25, -0.2) is 0 Å². The molecule has 2 N–H and O–H groups in total. The van der Waals surface area contributed by atoms with Gasteiger partial charge >= 0.3 is 0 Å². The van der Waals surface area contributed by atoms with E-state index in [1.54, 1.807) is 21.3 Å². The number of aldehydes is 1. The Morgan fingerprint density at radius 2 is 1.48 bits per heavy atom. The van der Waals surface area contributed by atoms with Crippen molar-refractivity contribution in [3.63, 3.8) is 0 Å². The molecule has 58 heavy (non-hydrogen) atoms. The third-order valence-corrected chi connectivity index (χ3v) is 13.2. The number of fused-ring (bicyclic) bond motifs is 4. The predicted octanol–water partition coefficient (Wildman–Crippen LogP) is 7.76. The summed E-state index contributed by atoms with van der Waals surface area (Å²) >= 11 is 0. The van der Waals surface area contributed by atoms with Crippen molar-refractivity contribution in [3.05, 3.63) is 100 Å². The number of likely N-dealkylation sites (tertiary alicyclic amines) is 1. The van der Waals surface area contributed by atoms with Crippen LogP contribution in [0.3, 0.4) is 0 Å². The largest absolute Gasteiger partial charge is 0.497 e. The molecule has 3 aromatic rings. The number of methoxy groups -OCH3 is 3. The van der Waals surface area contributed by atoms with Gasteiger partial charge in [0.05, 0.1) is 27.9 Å². The van der Waals surface area contributed by atoms with E-state index in [-0.39, 0.29) is 16.7 Å². The number of carbonyl (C=O) groups is 2. The molecule has 2 bridgehead atoms. The van der Waals surface area contributed by atoms with Gasteiger partial charge in [0.15, 0.2) is 0 Å². The van der Waals surface area contributed by atoms with E-state index in [1.807, 2.05) is 49.3 Å². The highest BCUT2D eigenvalue weighted by molar-refractivity contribution is 5.82. The van der Waals surface area contributed by atoms with Crippen LogP contribution in [0.1, 0.15) is 92.5 Å². The number of aryl methyl sites for hydroxylation is 1. The predicted molar refractivity (Wildman–Crippen MR) is 233 cm³/mol. The summed E-state index contributed by atoms with van der Waals surface area (Å²) in [4.78, 5) is 29.4. The average Bonchev–Trinajstić information content (AvgIpc) is 4.18. The van der Waals surface area contributed by atoms with Crippen molar-refractivity contribution in [1.29, 1.82) is 0 Å². The smallest absolute Gasteiger partial charge is 0.228 e. The summed E-state index contributed by atoms with van der Waals surface area (Å²) in [6.45, 7) is 9.26. The number of piperidine rings is 1. The molecule has 3 aliphatic carbocycles. The second kappa shape index (κ2) is 19.7. The fourth-order valence-electron chi connectivity index (χ4n) is 9.50. The molecular formula is C49H68N4O5. The molecule has 3 fully saturated rings. The molecule has 3 atom stereocenters. The number of ether oxygens (including phenoxy) is 3. The number of carbonyl (C=O) groups excluding carboxylic acids is 2. The fraction of sp³-hybridized carbons (Fsp3) is 0.551. The number of nitrogens with one attached hydrogen (secondary N) is 2. The number of hydrogen-bond donors (Lipinski definition) is 2. The van der Waals surface area contributed by atoms with E-state index in [9.17, 15) is 9.59 Å². The van der Waals surface area contributed by atoms with Crippen LogP contribution < -0.4 is 24.8 Å². The Morgan fingerprint density at radius 3 is 2.12 bits per heavy atom. The zero-order valence-corrected chi connectivity index (χ0v) is 36.2. The third-order valence-electron chi connectivity index (χ3n) is 13.2. The maximum Gasteiger partial charge on any atom is 0.228 e. The number of nitrogens with zero attached hydrogens (tertiary/aromatic N) is 2. The standard InChI is InChI=1S/C28H36N2O3.C19H25NO2.C2H7N/c1-20-5-10-25(33-4)15-26(20)28(13-14-29-17-22-6-7-22)16-27(31)30(18-21(28)2)19-23-8-11-24(32-3)12-9-23;1-22-17-5-4-15-10-16-12-19(7-9-21,18(15)11-17)6-8-20(16)13-14-2-3-14;1-3-2/h5,8-12,15,18,22,29H,6-7,13-14,16-17,19H2,1-4H3;4-5,9,11,14,16H,2-3,6-8,10,12-13H2,1H3;3H,1-2H3/t28-;;/m0../s1. The van der Waals surface area contributed by atoms with E-state index < -0.39 is 0 Å². The SMILES string of the molecule is CNC.COc1ccc(CN2C=C(C)[C@@](CCNCC3CC3)(c3cc(OC)ccc3C)CC2=O)cc1.COc1ccc2c(c1)C1(CC=O)CCN(CC3CC3)C(C2)C1. The average molecular weight is 793 g/mol. The number of hydrogen-bond acceptors (Lipinski definition) is 8. The lowest BCUT2D eigenvalue weighted by atomic mass is 9.62. The van der Waals surface area contributed by atoms with Gasteiger partial charge in [0.1, 0.15) is 23.5 Å². The first-order valence-electron chi connectivity index (χ1n) is 21.5. The van der Waals surface area contributed by atoms with Gasteiger partial charge in [-0.2, -0.15) is 0 Å². The van der Waals surface area contributed by atoms with Gasteiger partial charge in [0, 0.05) is 42.5 Å². The summed E-state index contributed by atoms with van der Waals surface area (Å²) in [6.07, 6.45) is 14.1. The van der Waals surface area contributed by atoms with Crippen LogP contribution in [0.4, 0.5) is 0 Å². The Labute approximate surface area is 347 Å². The minimum absolute atomic E-state index is 0.0502. The van der Waals surface area contributed by atoms with Crippen LogP contribution in [0, 0.1) is 18.8 Å². The zero-order valence-electron chi connectivity index (χ0n) is 36.2. The molecule has 2 saturated carbocycles. The maximum atomic E-state index is 13.5. The normalized spacial score (nSPS) is 23.6. The van der Waals surface area contributed by atoms with Crippen LogP contribution >= 0.6 is 0 Å². The molecule has 2 aliphatic heterocycles. The summed E-state index contributed by atoms with van der Waals surface area (Å²) in [7, 11) is 8.83. The molecule has 9 heteroatoms. The van der Waals surface area contributed by atoms with Gasteiger partial charge in [0.2, 0.25) is 5.91 Å². The summed E-state index contributed by atoms with van der Waals surface area (Å²) in [6, 6.07) is 21.2. The Bertz CT molecular complexity index is 1870. The molecular weight excluding hydrogens is 725 g/mol. The number of benzene rings is 3. The van der Waals surface area contributed by atoms with Crippen molar-refractivity contribution in [2.24, 2.45) is 11.8 Å². The summed E-state index contributed by atoms with van der Waals surface area (Å²) in [5.74, 6) is 4.51. The molecule has 1 saturated heterocycles. The van der Waals surface area contributed by atoms with Crippen molar-refractivity contribution in [3.8, 4) is 17.2 Å². The van der Waals surface area contributed by atoms with E-state index in [0.29, 0.717) is 25.4 Å². The van der Waals surface area contributed by atoms with Crippen LogP contribution in [0.15, 0.2) is 72.4 Å². The lowest BCUT2D eigenvalue weighted by Gasteiger charge is -2.51. The molecule has 1 amide bonds. The summed E-state index contributed by atoms with van der Waals surface area (Å²) < 4.78 is 16.2. The van der Waals surface area contributed by atoms with E-state index in [1.165, 1.54) is 60.1 Å². The summed E-state index contributed by atoms with van der Waals surface area (Å²) in [5.41, 5.74) is 7.23. The Kier molecular flexibility index (Phi) is 14.8. The minimum Gasteiger partial charge on any atom is -0.497 e. The van der Waals surface area contributed by atoms with Crippen molar-refractivity contribution >= 4 is 12.2 Å². The first-order valence-corrected chi connectivity index (χ1v) is 21.5. The molecule has 8 rings (SSSR count). The molecule has 5 aliphatic rings. The highest BCUT2D eigenvalue weighted by atomic mass is 16.5. The van der Waals surface area contributed by atoms with Crippen LogP contribution in [-0.2, 0) is 33.4 Å². The van der Waals surface area contributed by atoms with Crippen molar-refractivity contribution in [1.82, 2.24) is 20.4 Å². The minimum atomic E-state index is -0.331. The van der Waals surface area contributed by atoms with Gasteiger partial charge in [-0.3, -0.25) is 9.69 Å². The quantitative estimate of drug-likeness (QED) is 0.119. The molecule has 314 valence electrons. The first-order chi connectivity index (χ1) is 28.1. The highest BCUT2D eigenvalue weighted by Crippen LogP contribution is 2.49. The maximum absolute atomic E-state index is 13.5. The highest BCUT2D eigenvalue weighted by Gasteiger charge is 2.46. The topological polar surface area (TPSA) is 92.4 Å². The van der Waals surface area contributed by atoms with Crippen LogP contribution in [0.5, 0.6) is 17.2 Å². The lowest BCUT2D eigenvalue weighted by Crippen LogP contribution is -2.53. The first kappa shape index (κ1) is 43.4. The molecule has 2 heterocycles. The van der Waals surface area contributed by atoms with E-state index in [0.717, 1.165) is 86.3 Å². The monoisotopic (exact) mass is 793 g/mol. The zero-order chi connectivity index (χ0) is 41.3. The Balaban J connectivity index is 0.000000195. The molecule has 3 aromatic carbocycles. The van der Waals surface area contributed by atoms with Gasteiger partial charge in [-0.05, 0) is 181 Å². The molecule has 0 spiro atoms. The number of amides is 1. The van der Waals surface area contributed by atoms with Gasteiger partial charge in [0.25, 0.3) is 0 Å². The van der Waals surface area contributed by atoms with E-state index in [4.69, 9.17) is 14.2 Å². The van der Waals surface area contributed by atoms with Gasteiger partial charge < -0.3 is 34.5 Å². The Morgan fingerprint density at radius 1 is 0.845 bits per heavy atom. The number of allylic oxidation sites excluding steroid dienone is 1.